The van der Waals surface area contributed by atoms with Crippen molar-refractivity contribution in [2.75, 3.05) is 6.61 Å². The number of halogens is 2. The van der Waals surface area contributed by atoms with Gasteiger partial charge in [-0.2, -0.15) is 0 Å². The summed E-state index contributed by atoms with van der Waals surface area (Å²) in [5, 5.41) is 0.654. The van der Waals surface area contributed by atoms with E-state index in [4.69, 9.17) is 16.3 Å². The van der Waals surface area contributed by atoms with Gasteiger partial charge in [-0.25, -0.2) is 0 Å². The maximum atomic E-state index is 11.8. The minimum Gasteiger partial charge on any atom is -0.484 e. The highest BCUT2D eigenvalue weighted by atomic mass is 127. The van der Waals surface area contributed by atoms with Gasteiger partial charge in [0.15, 0.2) is 12.4 Å². The highest BCUT2D eigenvalue weighted by molar-refractivity contribution is 14.1. The number of ketones is 1. The first-order valence-corrected chi connectivity index (χ1v) is 6.78. The molecule has 2 rings (SSSR count). The number of hydrogen-bond acceptors (Lipinski definition) is 2. The van der Waals surface area contributed by atoms with E-state index in [0.717, 1.165) is 3.57 Å². The van der Waals surface area contributed by atoms with Crippen LogP contribution in [-0.4, -0.2) is 12.4 Å². The van der Waals surface area contributed by atoms with Gasteiger partial charge in [0.1, 0.15) is 5.75 Å². The van der Waals surface area contributed by atoms with Crippen LogP contribution in [0.1, 0.15) is 10.4 Å². The van der Waals surface area contributed by atoms with Gasteiger partial charge in [0.25, 0.3) is 0 Å². The van der Waals surface area contributed by atoms with Crippen molar-refractivity contribution in [3.8, 4) is 5.75 Å². The first-order valence-electron chi connectivity index (χ1n) is 5.33. The van der Waals surface area contributed by atoms with Gasteiger partial charge >= 0.3 is 0 Å². The number of hydrogen-bond donors (Lipinski definition) is 0. The molecule has 2 nitrogen and oxygen atoms in total. The second-order valence-electron chi connectivity index (χ2n) is 3.65. The molecule has 0 radical (unpaired) electrons. The Kier molecular flexibility index (Phi) is 4.60. The zero-order chi connectivity index (χ0) is 13.0. The van der Waals surface area contributed by atoms with Crippen LogP contribution in [0.5, 0.6) is 5.75 Å². The number of rotatable bonds is 4. The minimum absolute atomic E-state index is 0.0294. The van der Waals surface area contributed by atoms with Crippen molar-refractivity contribution in [2.45, 2.75) is 0 Å². The Balaban J connectivity index is 2.02. The SMILES string of the molecule is O=C(COc1ccc(Cl)cc1I)c1ccccc1. The third-order valence-corrected chi connectivity index (χ3v) is 3.43. The molecule has 18 heavy (non-hydrogen) atoms. The molecule has 92 valence electrons. The molecule has 2 aromatic rings. The highest BCUT2D eigenvalue weighted by Gasteiger charge is 2.08. The lowest BCUT2D eigenvalue weighted by molar-refractivity contribution is 0.0921. The third kappa shape index (κ3) is 3.46. The van der Waals surface area contributed by atoms with E-state index < -0.39 is 0 Å². The van der Waals surface area contributed by atoms with Gasteiger partial charge in [0.05, 0.1) is 3.57 Å². The molecule has 0 aromatic heterocycles. The molecule has 0 unspecified atom stereocenters. The zero-order valence-electron chi connectivity index (χ0n) is 9.40. The van der Waals surface area contributed by atoms with Crippen molar-refractivity contribution >= 4 is 40.0 Å². The Hall–Kier alpha value is -1.07. The van der Waals surface area contributed by atoms with E-state index in [9.17, 15) is 4.79 Å². The predicted molar refractivity (Wildman–Crippen MR) is 80.4 cm³/mol. The molecule has 0 saturated heterocycles. The monoisotopic (exact) mass is 372 g/mol. The zero-order valence-corrected chi connectivity index (χ0v) is 12.3. The molecule has 0 aliphatic rings. The lowest BCUT2D eigenvalue weighted by atomic mass is 10.1. The van der Waals surface area contributed by atoms with E-state index in [1.54, 1.807) is 30.3 Å². The maximum Gasteiger partial charge on any atom is 0.200 e. The fourth-order valence-corrected chi connectivity index (χ4v) is 2.47. The third-order valence-electron chi connectivity index (χ3n) is 2.35. The topological polar surface area (TPSA) is 26.3 Å². The van der Waals surface area contributed by atoms with Gasteiger partial charge in [-0.05, 0) is 40.8 Å². The van der Waals surface area contributed by atoms with E-state index >= 15 is 0 Å². The molecule has 0 saturated carbocycles. The van der Waals surface area contributed by atoms with Crippen LogP contribution < -0.4 is 4.74 Å². The largest absolute Gasteiger partial charge is 0.484 e. The molecule has 0 aliphatic heterocycles. The molecule has 0 amide bonds. The van der Waals surface area contributed by atoms with Crippen LogP contribution in [0.15, 0.2) is 48.5 Å². The average Bonchev–Trinajstić information content (AvgIpc) is 2.38. The fraction of sp³-hybridized carbons (Fsp3) is 0.0714. The van der Waals surface area contributed by atoms with Crippen LogP contribution in [0.25, 0.3) is 0 Å². The fourth-order valence-electron chi connectivity index (χ4n) is 1.44. The summed E-state index contributed by atoms with van der Waals surface area (Å²) in [7, 11) is 0. The van der Waals surface area contributed by atoms with Gasteiger partial charge in [0.2, 0.25) is 0 Å². The summed E-state index contributed by atoms with van der Waals surface area (Å²) in [5.41, 5.74) is 0.654. The predicted octanol–water partition coefficient (Wildman–Crippen LogP) is 4.21. The molecule has 0 aliphatic carbocycles. The van der Waals surface area contributed by atoms with E-state index in [-0.39, 0.29) is 12.4 Å². The van der Waals surface area contributed by atoms with Crippen molar-refractivity contribution in [1.82, 2.24) is 0 Å². The number of carbonyl (C=O) groups is 1. The van der Waals surface area contributed by atoms with Gasteiger partial charge in [-0.15, -0.1) is 0 Å². The molecule has 0 bridgehead atoms. The molecule has 4 heteroatoms. The Bertz CT molecular complexity index is 555. The summed E-state index contributed by atoms with van der Waals surface area (Å²) in [6.07, 6.45) is 0. The smallest absolute Gasteiger partial charge is 0.200 e. The average molecular weight is 373 g/mol. The van der Waals surface area contributed by atoms with Crippen molar-refractivity contribution in [1.29, 1.82) is 0 Å². The minimum atomic E-state index is -0.0404. The van der Waals surface area contributed by atoms with Gasteiger partial charge < -0.3 is 4.74 Å². The Morgan fingerprint density at radius 3 is 2.56 bits per heavy atom. The standard InChI is InChI=1S/C14H10ClIO2/c15-11-6-7-14(12(16)8-11)18-9-13(17)10-4-2-1-3-5-10/h1-8H,9H2. The lowest BCUT2D eigenvalue weighted by Gasteiger charge is -2.07. The van der Waals surface area contributed by atoms with Crippen LogP contribution in [0.3, 0.4) is 0 Å². The van der Waals surface area contributed by atoms with Crippen molar-refractivity contribution in [3.63, 3.8) is 0 Å². The summed E-state index contributed by atoms with van der Waals surface area (Å²) in [4.78, 5) is 11.8. The van der Waals surface area contributed by atoms with Crippen LogP contribution in [0, 0.1) is 3.57 Å². The van der Waals surface area contributed by atoms with Gasteiger partial charge in [0, 0.05) is 10.6 Å². The van der Waals surface area contributed by atoms with Crippen molar-refractivity contribution in [2.24, 2.45) is 0 Å². The van der Waals surface area contributed by atoms with E-state index in [1.807, 2.05) is 18.2 Å². The molecular weight excluding hydrogens is 363 g/mol. The lowest BCUT2D eigenvalue weighted by Crippen LogP contribution is -2.11. The van der Waals surface area contributed by atoms with Crippen LogP contribution in [-0.2, 0) is 0 Å². The van der Waals surface area contributed by atoms with Crippen LogP contribution in [0.4, 0.5) is 0 Å². The Labute approximate surface area is 124 Å². The second kappa shape index (κ2) is 6.20. The number of Topliss-reactive ketones (excluding diaryl/α,β-unsaturated/α-hetero) is 1. The molecule has 2 aromatic carbocycles. The van der Waals surface area contributed by atoms with E-state index in [0.29, 0.717) is 16.3 Å². The number of benzene rings is 2. The summed E-state index contributed by atoms with van der Waals surface area (Å²) in [6, 6.07) is 14.4. The summed E-state index contributed by atoms with van der Waals surface area (Å²) < 4.78 is 6.38. The normalized spacial score (nSPS) is 10.1. The molecule has 0 fully saturated rings. The molecule has 0 N–H and O–H groups in total. The summed E-state index contributed by atoms with van der Waals surface area (Å²) in [6.45, 7) is 0.0294. The second-order valence-corrected chi connectivity index (χ2v) is 5.25. The molecular formula is C14H10ClIO2. The summed E-state index contributed by atoms with van der Waals surface area (Å²) in [5.74, 6) is 0.630. The molecule has 0 spiro atoms. The molecule has 0 atom stereocenters. The molecule has 0 heterocycles. The van der Waals surface area contributed by atoms with Crippen LogP contribution in [0.2, 0.25) is 5.02 Å². The Morgan fingerprint density at radius 2 is 1.89 bits per heavy atom. The Morgan fingerprint density at radius 1 is 1.17 bits per heavy atom. The van der Waals surface area contributed by atoms with E-state index in [2.05, 4.69) is 22.6 Å². The van der Waals surface area contributed by atoms with Gasteiger partial charge in [-0.3, -0.25) is 4.79 Å². The highest BCUT2D eigenvalue weighted by Crippen LogP contribution is 2.24. The first kappa shape index (κ1) is 13.4. The number of carbonyl (C=O) groups excluding carboxylic acids is 1. The summed E-state index contributed by atoms with van der Waals surface area (Å²) >= 11 is 7.97. The maximum absolute atomic E-state index is 11.8. The first-order chi connectivity index (χ1) is 8.66. The van der Waals surface area contributed by atoms with Crippen LogP contribution >= 0.6 is 34.2 Å². The van der Waals surface area contributed by atoms with Gasteiger partial charge in [-0.1, -0.05) is 41.9 Å². The quantitative estimate of drug-likeness (QED) is 0.594. The van der Waals surface area contributed by atoms with Crippen molar-refractivity contribution in [3.05, 3.63) is 62.7 Å². The van der Waals surface area contributed by atoms with Crippen molar-refractivity contribution < 1.29 is 9.53 Å². The number of ether oxygens (including phenoxy) is 1. The van der Waals surface area contributed by atoms with E-state index in [1.165, 1.54) is 0 Å².